The summed E-state index contributed by atoms with van der Waals surface area (Å²) in [4.78, 5) is 10.8. The molecular formula is C17H14F2N4O2. The van der Waals surface area contributed by atoms with Crippen LogP contribution in [0.2, 0.25) is 0 Å². The van der Waals surface area contributed by atoms with Crippen molar-refractivity contribution in [3.63, 3.8) is 0 Å². The highest BCUT2D eigenvalue weighted by molar-refractivity contribution is 5.71. The van der Waals surface area contributed by atoms with E-state index in [2.05, 4.69) is 15.5 Å². The van der Waals surface area contributed by atoms with E-state index in [0.717, 1.165) is 0 Å². The van der Waals surface area contributed by atoms with Gasteiger partial charge in [0.05, 0.1) is 6.20 Å². The Morgan fingerprint density at radius 3 is 2.68 bits per heavy atom. The van der Waals surface area contributed by atoms with Crippen molar-refractivity contribution in [1.82, 2.24) is 15.5 Å². The predicted octanol–water partition coefficient (Wildman–Crippen LogP) is 3.32. The molecular weight excluding hydrogens is 330 g/mol. The van der Waals surface area contributed by atoms with Gasteiger partial charge in [-0.25, -0.2) is 13.6 Å². The molecule has 0 saturated carbocycles. The van der Waals surface area contributed by atoms with Crippen molar-refractivity contribution >= 4 is 6.03 Å². The first-order valence-electron chi connectivity index (χ1n) is 7.32. The van der Waals surface area contributed by atoms with Gasteiger partial charge in [0.15, 0.2) is 5.75 Å². The molecule has 0 unspecified atom stereocenters. The van der Waals surface area contributed by atoms with Gasteiger partial charge in [-0.2, -0.15) is 5.10 Å². The van der Waals surface area contributed by atoms with Crippen LogP contribution in [0.4, 0.5) is 13.6 Å². The molecule has 4 N–H and O–H groups in total. The minimum atomic E-state index is -0.751. The van der Waals surface area contributed by atoms with Crippen LogP contribution in [0.3, 0.4) is 0 Å². The van der Waals surface area contributed by atoms with Crippen LogP contribution < -0.4 is 15.8 Å². The fourth-order valence-corrected chi connectivity index (χ4v) is 2.23. The fourth-order valence-electron chi connectivity index (χ4n) is 2.23. The van der Waals surface area contributed by atoms with Crippen LogP contribution in [0.5, 0.6) is 11.5 Å². The number of H-pyrrole nitrogens is 1. The van der Waals surface area contributed by atoms with E-state index in [9.17, 15) is 13.6 Å². The number of rotatable bonds is 5. The third-order valence-electron chi connectivity index (χ3n) is 3.42. The maximum atomic E-state index is 13.8. The average molecular weight is 344 g/mol. The monoisotopic (exact) mass is 344 g/mol. The number of hydrogen-bond acceptors (Lipinski definition) is 3. The van der Waals surface area contributed by atoms with E-state index in [1.54, 1.807) is 12.1 Å². The van der Waals surface area contributed by atoms with Crippen molar-refractivity contribution in [2.75, 3.05) is 0 Å². The number of benzene rings is 2. The van der Waals surface area contributed by atoms with E-state index in [4.69, 9.17) is 10.5 Å². The highest BCUT2D eigenvalue weighted by Crippen LogP contribution is 2.32. The minimum absolute atomic E-state index is 0.0609. The van der Waals surface area contributed by atoms with Crippen LogP contribution in [-0.4, -0.2) is 16.2 Å². The van der Waals surface area contributed by atoms with Gasteiger partial charge in [0.2, 0.25) is 0 Å². The maximum Gasteiger partial charge on any atom is 0.312 e. The van der Waals surface area contributed by atoms with E-state index in [1.165, 1.54) is 36.5 Å². The molecule has 2 amide bonds. The molecule has 1 aromatic heterocycles. The summed E-state index contributed by atoms with van der Waals surface area (Å²) in [6.07, 6.45) is 1.53. The number of aromatic amines is 1. The van der Waals surface area contributed by atoms with Crippen molar-refractivity contribution < 1.29 is 18.3 Å². The Morgan fingerprint density at radius 1 is 1.20 bits per heavy atom. The van der Waals surface area contributed by atoms with Crippen molar-refractivity contribution in [3.05, 3.63) is 65.9 Å². The summed E-state index contributed by atoms with van der Waals surface area (Å²) in [5.41, 5.74) is 6.36. The number of carbonyl (C=O) groups excluding carboxylic acids is 1. The number of aromatic nitrogens is 2. The summed E-state index contributed by atoms with van der Waals surface area (Å²) in [5.74, 6) is -0.0987. The van der Waals surface area contributed by atoms with E-state index in [0.29, 0.717) is 22.8 Å². The summed E-state index contributed by atoms with van der Waals surface area (Å²) in [6.45, 7) is -0.0609. The Labute approximate surface area is 141 Å². The largest absolute Gasteiger partial charge is 0.453 e. The number of amides is 2. The third-order valence-corrected chi connectivity index (χ3v) is 3.42. The highest BCUT2D eigenvalue weighted by Gasteiger charge is 2.12. The molecule has 0 aliphatic heterocycles. The smallest absolute Gasteiger partial charge is 0.312 e. The molecule has 0 aliphatic rings. The number of urea groups is 1. The third kappa shape index (κ3) is 3.92. The maximum absolute atomic E-state index is 13.8. The van der Waals surface area contributed by atoms with Crippen LogP contribution in [-0.2, 0) is 6.54 Å². The molecule has 0 atom stereocenters. The number of carbonyl (C=O) groups is 1. The quantitative estimate of drug-likeness (QED) is 0.663. The predicted molar refractivity (Wildman–Crippen MR) is 86.9 cm³/mol. The number of nitrogens with one attached hydrogen (secondary N) is 2. The lowest BCUT2D eigenvalue weighted by molar-refractivity contribution is 0.248. The van der Waals surface area contributed by atoms with E-state index in [1.807, 2.05) is 0 Å². The van der Waals surface area contributed by atoms with E-state index < -0.39 is 11.8 Å². The molecule has 6 nitrogen and oxygen atoms in total. The second-order valence-electron chi connectivity index (χ2n) is 5.18. The van der Waals surface area contributed by atoms with Gasteiger partial charge in [0.25, 0.3) is 0 Å². The molecule has 2 aromatic carbocycles. The first-order valence-corrected chi connectivity index (χ1v) is 7.32. The van der Waals surface area contributed by atoms with Crippen molar-refractivity contribution in [2.45, 2.75) is 6.54 Å². The Bertz CT molecular complexity index is 894. The fraction of sp³-hybridized carbons (Fsp3) is 0.0588. The molecule has 128 valence electrons. The Hall–Kier alpha value is -3.42. The number of ether oxygens (including phenoxy) is 1. The van der Waals surface area contributed by atoms with Gasteiger partial charge < -0.3 is 15.8 Å². The molecule has 0 radical (unpaired) electrons. The molecule has 0 spiro atoms. The van der Waals surface area contributed by atoms with E-state index >= 15 is 0 Å². The van der Waals surface area contributed by atoms with Gasteiger partial charge in [0.1, 0.15) is 23.1 Å². The zero-order chi connectivity index (χ0) is 17.8. The van der Waals surface area contributed by atoms with Crippen LogP contribution >= 0.6 is 0 Å². The number of nitrogens with two attached hydrogens (primary N) is 1. The second-order valence-corrected chi connectivity index (χ2v) is 5.18. The van der Waals surface area contributed by atoms with Crippen LogP contribution in [0.1, 0.15) is 5.56 Å². The molecule has 0 bridgehead atoms. The molecule has 0 aliphatic carbocycles. The van der Waals surface area contributed by atoms with Crippen LogP contribution in [0.25, 0.3) is 11.3 Å². The molecule has 25 heavy (non-hydrogen) atoms. The Kier molecular flexibility index (Phi) is 4.60. The van der Waals surface area contributed by atoms with Gasteiger partial charge in [-0.3, -0.25) is 5.10 Å². The average Bonchev–Trinajstić information content (AvgIpc) is 3.04. The van der Waals surface area contributed by atoms with Crippen molar-refractivity contribution in [3.8, 4) is 22.8 Å². The lowest BCUT2D eigenvalue weighted by Crippen LogP contribution is -2.28. The topological polar surface area (TPSA) is 93.0 Å². The number of nitrogens with zero attached hydrogens (tertiary/aromatic N) is 1. The Balaban J connectivity index is 1.84. The molecule has 0 saturated heterocycles. The zero-order valence-corrected chi connectivity index (χ0v) is 12.9. The molecule has 3 aromatic rings. The standard InChI is InChI=1S/C17H14F2N4O2/c18-12-3-1-10(2-4-12)16-15(9-22-23-16)25-13-5-6-14(19)11(7-13)8-21-17(20)24/h1-7,9H,8H2,(H,22,23)(H3,20,21,24). The summed E-state index contributed by atoms with van der Waals surface area (Å²) in [6, 6.07) is 9.16. The van der Waals surface area contributed by atoms with E-state index in [-0.39, 0.29) is 17.9 Å². The summed E-state index contributed by atoms with van der Waals surface area (Å²) < 4.78 is 32.6. The molecule has 0 fully saturated rings. The van der Waals surface area contributed by atoms with Crippen LogP contribution in [0, 0.1) is 11.6 Å². The van der Waals surface area contributed by atoms with Gasteiger partial charge in [-0.15, -0.1) is 0 Å². The summed E-state index contributed by atoms with van der Waals surface area (Å²) in [5, 5.41) is 9.09. The second kappa shape index (κ2) is 7.00. The van der Waals surface area contributed by atoms with Gasteiger partial charge >= 0.3 is 6.03 Å². The van der Waals surface area contributed by atoms with Gasteiger partial charge in [-0.05, 0) is 42.5 Å². The number of primary amides is 1. The summed E-state index contributed by atoms with van der Waals surface area (Å²) in [7, 11) is 0. The normalized spacial score (nSPS) is 10.5. The first kappa shape index (κ1) is 16.4. The van der Waals surface area contributed by atoms with Crippen molar-refractivity contribution in [1.29, 1.82) is 0 Å². The van der Waals surface area contributed by atoms with Crippen molar-refractivity contribution in [2.24, 2.45) is 5.73 Å². The first-order chi connectivity index (χ1) is 12.0. The Morgan fingerprint density at radius 2 is 1.96 bits per heavy atom. The molecule has 1 heterocycles. The summed E-state index contributed by atoms with van der Waals surface area (Å²) >= 11 is 0. The number of hydrogen-bond donors (Lipinski definition) is 3. The molecule has 3 rings (SSSR count). The lowest BCUT2D eigenvalue weighted by atomic mass is 10.1. The molecule has 8 heteroatoms. The van der Waals surface area contributed by atoms with Gasteiger partial charge in [0, 0.05) is 17.7 Å². The SMILES string of the molecule is NC(=O)NCc1cc(Oc2c[nH]nc2-c2ccc(F)cc2)ccc1F. The van der Waals surface area contributed by atoms with Gasteiger partial charge in [-0.1, -0.05) is 0 Å². The van der Waals surface area contributed by atoms with Crippen LogP contribution in [0.15, 0.2) is 48.7 Å². The highest BCUT2D eigenvalue weighted by atomic mass is 19.1. The zero-order valence-electron chi connectivity index (χ0n) is 12.9. The lowest BCUT2D eigenvalue weighted by Gasteiger charge is -2.09. The minimum Gasteiger partial charge on any atom is -0.453 e. The number of halogens is 2.